The number of likely N-dealkylation sites (tertiary alicyclic amines) is 1. The number of benzene rings is 1. The Kier molecular flexibility index (Phi) is 10.2. The first kappa shape index (κ1) is 25.9. The van der Waals surface area contributed by atoms with E-state index in [4.69, 9.17) is 5.73 Å². The summed E-state index contributed by atoms with van der Waals surface area (Å²) >= 11 is 0. The first-order valence-electron chi connectivity index (χ1n) is 10.9. The van der Waals surface area contributed by atoms with Gasteiger partial charge in [0.25, 0.3) is 5.91 Å². The first-order chi connectivity index (χ1) is 15.0. The van der Waals surface area contributed by atoms with Crippen molar-refractivity contribution < 1.29 is 14.4 Å². The predicted octanol–water partition coefficient (Wildman–Crippen LogP) is 0.976. The van der Waals surface area contributed by atoms with E-state index in [-0.39, 0.29) is 48.4 Å². The number of guanidine groups is 1. The summed E-state index contributed by atoms with van der Waals surface area (Å²) in [6, 6.07) is 7.28. The second-order valence-electron chi connectivity index (χ2n) is 8.17. The fraction of sp³-hybridized carbons (Fsp3) is 0.545. The van der Waals surface area contributed by atoms with Crippen LogP contribution >= 0.6 is 24.0 Å². The minimum absolute atomic E-state index is 0. The van der Waals surface area contributed by atoms with Crippen molar-refractivity contribution >= 4 is 47.7 Å². The van der Waals surface area contributed by atoms with Gasteiger partial charge in [-0.15, -0.1) is 24.0 Å². The Bertz CT molecular complexity index is 823. The second-order valence-corrected chi connectivity index (χ2v) is 8.17. The highest BCUT2D eigenvalue weighted by Gasteiger charge is 2.32. The lowest BCUT2D eigenvalue weighted by Gasteiger charge is -2.21. The number of carbonyl (C=O) groups is 3. The molecular weight excluding hydrogens is 523 g/mol. The summed E-state index contributed by atoms with van der Waals surface area (Å²) in [5, 5.41) is 9.14. The average Bonchev–Trinajstić information content (AvgIpc) is 3.47. The van der Waals surface area contributed by atoms with Crippen LogP contribution in [0.2, 0.25) is 0 Å². The highest BCUT2D eigenvalue weighted by atomic mass is 127. The lowest BCUT2D eigenvalue weighted by molar-refractivity contribution is -0.134. The molecule has 5 N–H and O–H groups in total. The first-order valence-corrected chi connectivity index (χ1v) is 10.9. The van der Waals surface area contributed by atoms with Gasteiger partial charge in [0.2, 0.25) is 11.8 Å². The Hall–Kier alpha value is -2.37. The number of carbonyl (C=O) groups excluding carboxylic acids is 3. The van der Waals surface area contributed by atoms with Crippen molar-refractivity contribution in [2.24, 2.45) is 16.6 Å². The van der Waals surface area contributed by atoms with Gasteiger partial charge in [0.1, 0.15) is 0 Å². The fourth-order valence-corrected chi connectivity index (χ4v) is 4.13. The van der Waals surface area contributed by atoms with Crippen LogP contribution in [0.4, 0.5) is 0 Å². The third-order valence-electron chi connectivity index (χ3n) is 5.87. The van der Waals surface area contributed by atoms with Crippen molar-refractivity contribution in [2.75, 3.05) is 26.7 Å². The number of hydrogen-bond donors (Lipinski definition) is 4. The molecule has 176 valence electrons. The number of aliphatic imine (C=N–C) groups is 1. The van der Waals surface area contributed by atoms with Crippen LogP contribution in [-0.4, -0.2) is 61.3 Å². The molecule has 1 aromatic carbocycles. The van der Waals surface area contributed by atoms with Crippen LogP contribution in [0.25, 0.3) is 0 Å². The molecule has 1 aliphatic carbocycles. The van der Waals surface area contributed by atoms with Gasteiger partial charge in [-0.05, 0) is 37.0 Å². The molecule has 32 heavy (non-hydrogen) atoms. The molecule has 3 amide bonds. The average molecular weight is 556 g/mol. The normalized spacial score (nSPS) is 18.7. The summed E-state index contributed by atoms with van der Waals surface area (Å²) in [6.45, 7) is 1.86. The Balaban J connectivity index is 0.00000363. The molecule has 2 aliphatic rings. The molecule has 10 heteroatoms. The molecule has 9 nitrogen and oxygen atoms in total. The van der Waals surface area contributed by atoms with Crippen molar-refractivity contribution in [2.45, 2.75) is 44.7 Å². The molecule has 1 heterocycles. The van der Waals surface area contributed by atoms with E-state index in [1.54, 1.807) is 19.2 Å². The number of nitrogens with two attached hydrogens (primary N) is 1. The van der Waals surface area contributed by atoms with E-state index in [0.29, 0.717) is 30.5 Å². The second kappa shape index (κ2) is 12.6. The number of nitrogens with zero attached hydrogens (tertiary/aromatic N) is 2. The smallest absolute Gasteiger partial charge is 0.251 e. The lowest BCUT2D eigenvalue weighted by atomic mass is 10.1. The molecule has 1 aliphatic heterocycles. The van der Waals surface area contributed by atoms with Gasteiger partial charge in [-0.1, -0.05) is 25.0 Å². The van der Waals surface area contributed by atoms with E-state index in [1.165, 1.54) is 12.8 Å². The molecule has 1 unspecified atom stereocenters. The van der Waals surface area contributed by atoms with E-state index in [1.807, 2.05) is 17.0 Å². The molecule has 3 rings (SSSR count). The van der Waals surface area contributed by atoms with Gasteiger partial charge in [0.15, 0.2) is 5.96 Å². The largest absolute Gasteiger partial charge is 0.368 e. The topological polar surface area (TPSA) is 129 Å². The van der Waals surface area contributed by atoms with Crippen molar-refractivity contribution in [1.82, 2.24) is 20.9 Å². The third kappa shape index (κ3) is 7.35. The summed E-state index contributed by atoms with van der Waals surface area (Å²) in [6.07, 6.45) is 5.31. The van der Waals surface area contributed by atoms with E-state index >= 15 is 0 Å². The molecule has 2 fully saturated rings. The SMILES string of the molecule is CN=C(NCc1ccc(C(=O)NCC(N)=O)cc1)NC1CCN(C(=O)C2CCCC2)C1.I. The highest BCUT2D eigenvalue weighted by molar-refractivity contribution is 14.0. The number of rotatable bonds is 7. The zero-order valence-electron chi connectivity index (χ0n) is 18.4. The highest BCUT2D eigenvalue weighted by Crippen LogP contribution is 2.27. The molecule has 0 radical (unpaired) electrons. The zero-order valence-corrected chi connectivity index (χ0v) is 20.8. The van der Waals surface area contributed by atoms with Crippen LogP contribution in [0, 0.1) is 5.92 Å². The summed E-state index contributed by atoms with van der Waals surface area (Å²) < 4.78 is 0. The van der Waals surface area contributed by atoms with Gasteiger partial charge in [-0.3, -0.25) is 19.4 Å². The number of hydrogen-bond acceptors (Lipinski definition) is 4. The van der Waals surface area contributed by atoms with Gasteiger partial charge in [0, 0.05) is 44.2 Å². The summed E-state index contributed by atoms with van der Waals surface area (Å²) in [5.74, 6) is 0.292. The number of halogens is 1. The van der Waals surface area contributed by atoms with Crippen molar-refractivity contribution in [3.05, 3.63) is 35.4 Å². The standard InChI is InChI=1S/C22H32N6O3.HI/c1-24-22(27-18-10-11-28(14-18)21(31)17-4-2-3-5-17)26-12-15-6-8-16(9-7-15)20(30)25-13-19(23)29;/h6-9,17-18H,2-5,10-14H2,1H3,(H2,23,29)(H,25,30)(H2,24,26,27);1H. The van der Waals surface area contributed by atoms with Crippen molar-refractivity contribution in [1.29, 1.82) is 0 Å². The molecule has 0 bridgehead atoms. The molecular formula is C22H33IN6O3. The van der Waals surface area contributed by atoms with Crippen molar-refractivity contribution in [3.8, 4) is 0 Å². The van der Waals surface area contributed by atoms with Crippen LogP contribution in [0.15, 0.2) is 29.3 Å². The Morgan fingerprint density at radius 1 is 1.09 bits per heavy atom. The number of nitrogens with one attached hydrogen (secondary N) is 3. The van der Waals surface area contributed by atoms with E-state index in [2.05, 4.69) is 20.9 Å². The van der Waals surface area contributed by atoms with Gasteiger partial charge in [-0.25, -0.2) is 0 Å². The van der Waals surface area contributed by atoms with Gasteiger partial charge < -0.3 is 26.6 Å². The minimum Gasteiger partial charge on any atom is -0.368 e. The quantitative estimate of drug-likeness (QED) is 0.226. The van der Waals surface area contributed by atoms with Crippen LogP contribution in [0.3, 0.4) is 0 Å². The fourth-order valence-electron chi connectivity index (χ4n) is 4.13. The molecule has 1 saturated carbocycles. The molecule has 1 atom stereocenters. The van der Waals surface area contributed by atoms with E-state index in [0.717, 1.165) is 31.4 Å². The molecule has 0 spiro atoms. The lowest BCUT2D eigenvalue weighted by Crippen LogP contribution is -2.45. The summed E-state index contributed by atoms with van der Waals surface area (Å²) in [5.41, 5.74) is 6.48. The van der Waals surface area contributed by atoms with Crippen molar-refractivity contribution in [3.63, 3.8) is 0 Å². The Morgan fingerprint density at radius 3 is 2.41 bits per heavy atom. The monoisotopic (exact) mass is 556 g/mol. The maximum atomic E-state index is 12.6. The molecule has 1 saturated heterocycles. The Labute approximate surface area is 206 Å². The van der Waals surface area contributed by atoms with E-state index < -0.39 is 5.91 Å². The third-order valence-corrected chi connectivity index (χ3v) is 5.87. The molecule has 1 aromatic rings. The van der Waals surface area contributed by atoms with Crippen LogP contribution in [-0.2, 0) is 16.1 Å². The van der Waals surface area contributed by atoms with Gasteiger partial charge in [0.05, 0.1) is 6.54 Å². The number of primary amides is 1. The predicted molar refractivity (Wildman–Crippen MR) is 134 cm³/mol. The minimum atomic E-state index is -0.582. The van der Waals surface area contributed by atoms with Crippen LogP contribution < -0.4 is 21.7 Å². The summed E-state index contributed by atoms with van der Waals surface area (Å²) in [4.78, 5) is 41.6. The zero-order chi connectivity index (χ0) is 22.2. The molecule has 0 aromatic heterocycles. The van der Waals surface area contributed by atoms with Crippen LogP contribution in [0.1, 0.15) is 48.0 Å². The number of amides is 3. The van der Waals surface area contributed by atoms with Gasteiger partial charge >= 0.3 is 0 Å². The maximum Gasteiger partial charge on any atom is 0.251 e. The summed E-state index contributed by atoms with van der Waals surface area (Å²) in [7, 11) is 1.72. The maximum absolute atomic E-state index is 12.6. The van der Waals surface area contributed by atoms with Gasteiger partial charge in [-0.2, -0.15) is 0 Å². The van der Waals surface area contributed by atoms with Crippen LogP contribution in [0.5, 0.6) is 0 Å². The Morgan fingerprint density at radius 2 is 1.78 bits per heavy atom. The van der Waals surface area contributed by atoms with E-state index in [9.17, 15) is 14.4 Å².